The Labute approximate surface area is 247 Å². The number of hydrogen-bond acceptors (Lipinski definition) is 9. The number of fused-ring (bicyclic) bond motifs is 1. The first-order valence-corrected chi connectivity index (χ1v) is 14.1. The second kappa shape index (κ2) is 12.0. The van der Waals surface area contributed by atoms with Gasteiger partial charge in [-0.2, -0.15) is 18.3 Å². The molecule has 2 amide bonds. The first kappa shape index (κ1) is 31.7. The number of carbonyl (C=O) groups is 2. The van der Waals surface area contributed by atoms with Crippen molar-refractivity contribution in [3.05, 3.63) is 41.1 Å². The van der Waals surface area contributed by atoms with Gasteiger partial charge in [0, 0.05) is 32.5 Å². The molecule has 0 radical (unpaired) electrons. The van der Waals surface area contributed by atoms with Crippen molar-refractivity contribution in [1.29, 1.82) is 0 Å². The van der Waals surface area contributed by atoms with Crippen LogP contribution in [0.1, 0.15) is 85.4 Å². The maximum atomic E-state index is 13.5. The van der Waals surface area contributed by atoms with Crippen LogP contribution in [0.3, 0.4) is 0 Å². The van der Waals surface area contributed by atoms with Crippen molar-refractivity contribution in [1.82, 2.24) is 30.2 Å². The normalized spacial score (nSPS) is 19.4. The summed E-state index contributed by atoms with van der Waals surface area (Å²) in [5, 5.41) is 14.6. The Morgan fingerprint density at radius 2 is 1.91 bits per heavy atom. The van der Waals surface area contributed by atoms with Gasteiger partial charge in [0.1, 0.15) is 5.69 Å². The molecule has 5 rings (SSSR count). The average Bonchev–Trinajstić information content (AvgIpc) is 3.58. The number of ether oxygens (including phenoxy) is 2. The van der Waals surface area contributed by atoms with E-state index in [1.165, 1.54) is 16.9 Å². The highest BCUT2D eigenvalue weighted by Gasteiger charge is 2.49. The topological polar surface area (TPSA) is 160 Å². The first-order chi connectivity index (χ1) is 20.6. The molecule has 1 aliphatic heterocycles. The third kappa shape index (κ3) is 6.82. The van der Waals surface area contributed by atoms with Gasteiger partial charge in [-0.1, -0.05) is 5.16 Å². The molecule has 0 spiro atoms. The fourth-order valence-electron chi connectivity index (χ4n) is 5.47. The minimum atomic E-state index is -4.70. The number of nitrogens with one attached hydrogen (secondary N) is 1. The Balaban J connectivity index is 1.44. The van der Waals surface area contributed by atoms with Crippen molar-refractivity contribution in [2.75, 3.05) is 19.8 Å². The van der Waals surface area contributed by atoms with Crippen LogP contribution in [0.2, 0.25) is 0 Å². The van der Waals surface area contributed by atoms with Gasteiger partial charge in [0.05, 0.1) is 36.7 Å². The Morgan fingerprint density at radius 1 is 1.20 bits per heavy atom. The summed E-state index contributed by atoms with van der Waals surface area (Å²) in [4.78, 5) is 29.4. The number of nitrogens with zero attached hydrogens (tertiary/aromatic N) is 5. The Kier molecular flexibility index (Phi) is 8.63. The number of imidazole rings is 1. The number of alkyl halides is 5. The summed E-state index contributed by atoms with van der Waals surface area (Å²) in [5.41, 5.74) is 3.30. The summed E-state index contributed by atoms with van der Waals surface area (Å²) in [5.74, 6) is -5.67. The zero-order chi connectivity index (χ0) is 31.9. The summed E-state index contributed by atoms with van der Waals surface area (Å²) in [7, 11) is 0. The number of hydrogen-bond donors (Lipinski definition) is 2. The van der Waals surface area contributed by atoms with Crippen molar-refractivity contribution in [2.24, 2.45) is 17.6 Å². The first-order valence-electron chi connectivity index (χ1n) is 14.1. The highest BCUT2D eigenvalue weighted by molar-refractivity contribution is 5.91. The van der Waals surface area contributed by atoms with Gasteiger partial charge < -0.3 is 20.5 Å². The number of primary amides is 1. The molecule has 12 nitrogen and oxygen atoms in total. The molecule has 1 saturated heterocycles. The lowest BCUT2D eigenvalue weighted by molar-refractivity contribution is -0.264. The minimum absolute atomic E-state index is 0.0254. The van der Waals surface area contributed by atoms with E-state index in [0.29, 0.717) is 31.6 Å². The van der Waals surface area contributed by atoms with E-state index in [1.54, 1.807) is 6.07 Å². The van der Waals surface area contributed by atoms with Gasteiger partial charge in [0.2, 0.25) is 11.8 Å². The summed E-state index contributed by atoms with van der Waals surface area (Å²) < 4.78 is 84.0. The number of aromatic nitrogens is 5. The van der Waals surface area contributed by atoms with Crippen LogP contribution in [0.25, 0.3) is 5.65 Å². The Hall–Kier alpha value is -3.73. The van der Waals surface area contributed by atoms with E-state index >= 15 is 0 Å². The van der Waals surface area contributed by atoms with Gasteiger partial charge >= 0.3 is 6.18 Å². The predicted molar refractivity (Wildman–Crippen MR) is 140 cm³/mol. The molecule has 1 aliphatic carbocycles. The summed E-state index contributed by atoms with van der Waals surface area (Å²) in [6.45, 7) is 2.08. The summed E-state index contributed by atoms with van der Waals surface area (Å²) in [6, 6.07) is 1.15. The smallest absolute Gasteiger partial charge is 0.381 e. The van der Waals surface area contributed by atoms with E-state index in [0.717, 1.165) is 13.8 Å². The van der Waals surface area contributed by atoms with E-state index < -0.39 is 48.1 Å². The fourth-order valence-corrected chi connectivity index (χ4v) is 5.47. The standard InChI is InChI=1S/C27H32F5N7O5/c1-25(2,27(30,31)32)43-13-17(22-23(24(33)41)38-44-37-22)18-12-39-19(35-18)8-16(11-34-39)21(15-3-5-42-6-4-15)36-20(40)7-14-9-26(28,29)10-14/h8,11-12,14-15,17,21H,3-7,9-10,13H2,1-2H3,(H2,33,41)(H,36,40)/t17-,21-/m1/s1. The molecule has 240 valence electrons. The lowest BCUT2D eigenvalue weighted by Gasteiger charge is -2.35. The van der Waals surface area contributed by atoms with Crippen molar-refractivity contribution in [2.45, 2.75) is 75.6 Å². The number of nitrogens with two attached hydrogens (primary N) is 1. The molecule has 3 aromatic heterocycles. The maximum Gasteiger partial charge on any atom is 0.416 e. The molecule has 2 fully saturated rings. The highest BCUT2D eigenvalue weighted by Crippen LogP contribution is 2.44. The quantitative estimate of drug-likeness (QED) is 0.302. The predicted octanol–water partition coefficient (Wildman–Crippen LogP) is 3.72. The van der Waals surface area contributed by atoms with E-state index in [9.17, 15) is 31.5 Å². The summed E-state index contributed by atoms with van der Waals surface area (Å²) >= 11 is 0. The van der Waals surface area contributed by atoms with Crippen molar-refractivity contribution >= 4 is 17.5 Å². The molecule has 0 aromatic carbocycles. The molecule has 2 aliphatic rings. The molecular formula is C27H32F5N7O5. The van der Waals surface area contributed by atoms with Crippen molar-refractivity contribution in [3.63, 3.8) is 0 Å². The number of rotatable bonds is 11. The highest BCUT2D eigenvalue weighted by atomic mass is 19.4. The zero-order valence-corrected chi connectivity index (χ0v) is 23.9. The average molecular weight is 630 g/mol. The van der Waals surface area contributed by atoms with Crippen LogP contribution in [0.4, 0.5) is 22.0 Å². The van der Waals surface area contributed by atoms with Crippen molar-refractivity contribution in [3.8, 4) is 0 Å². The second-order valence-electron chi connectivity index (χ2n) is 11.8. The van der Waals surface area contributed by atoms with Crippen LogP contribution in [-0.2, 0) is 14.3 Å². The lowest BCUT2D eigenvalue weighted by Crippen LogP contribution is -2.42. The molecule has 3 aromatic rings. The van der Waals surface area contributed by atoms with E-state index in [1.807, 2.05) is 0 Å². The van der Waals surface area contributed by atoms with Crippen LogP contribution in [0.5, 0.6) is 0 Å². The molecule has 4 heterocycles. The molecule has 2 atom stereocenters. The SMILES string of the molecule is CC(C)(OC[C@H](c1cn2ncc([C@H](NC(=O)CC3CC(F)(F)C3)C3CCOCC3)cc2n1)c1nonc1C(N)=O)C(F)(F)F. The third-order valence-corrected chi connectivity index (χ3v) is 8.15. The molecule has 44 heavy (non-hydrogen) atoms. The number of halogens is 5. The fraction of sp³-hybridized carbons (Fsp3) is 0.630. The van der Waals surface area contributed by atoms with Gasteiger partial charge in [-0.25, -0.2) is 22.9 Å². The number of carbonyl (C=O) groups excluding carboxylic acids is 2. The van der Waals surface area contributed by atoms with Gasteiger partial charge in [0.25, 0.3) is 5.91 Å². The van der Waals surface area contributed by atoms with Gasteiger partial charge in [-0.15, -0.1) is 0 Å². The maximum absolute atomic E-state index is 13.5. The lowest BCUT2D eigenvalue weighted by atomic mass is 9.79. The zero-order valence-electron chi connectivity index (χ0n) is 23.9. The third-order valence-electron chi connectivity index (χ3n) is 8.15. The molecule has 1 saturated carbocycles. The second-order valence-corrected chi connectivity index (χ2v) is 11.8. The van der Waals surface area contributed by atoms with E-state index in [-0.39, 0.29) is 53.8 Å². The van der Waals surface area contributed by atoms with Gasteiger partial charge in [-0.05, 0) is 55.3 Å². The largest absolute Gasteiger partial charge is 0.416 e. The van der Waals surface area contributed by atoms with Crippen LogP contribution in [-0.4, -0.2) is 74.2 Å². The van der Waals surface area contributed by atoms with Crippen LogP contribution in [0, 0.1) is 11.8 Å². The van der Waals surface area contributed by atoms with Gasteiger partial charge in [0.15, 0.2) is 16.9 Å². The minimum Gasteiger partial charge on any atom is -0.381 e. The molecule has 17 heteroatoms. The Morgan fingerprint density at radius 3 is 2.55 bits per heavy atom. The molecule has 3 N–H and O–H groups in total. The number of amides is 2. The van der Waals surface area contributed by atoms with Gasteiger partial charge in [-0.3, -0.25) is 9.59 Å². The molecule has 0 bridgehead atoms. The van der Waals surface area contributed by atoms with Crippen LogP contribution < -0.4 is 11.1 Å². The van der Waals surface area contributed by atoms with Crippen LogP contribution in [0.15, 0.2) is 23.1 Å². The monoisotopic (exact) mass is 629 g/mol. The van der Waals surface area contributed by atoms with E-state index in [4.69, 9.17) is 15.2 Å². The van der Waals surface area contributed by atoms with E-state index in [2.05, 4.69) is 30.3 Å². The Bertz CT molecular complexity index is 1490. The summed E-state index contributed by atoms with van der Waals surface area (Å²) in [6.07, 6.45) is -1.13. The molecule has 0 unspecified atom stereocenters. The van der Waals surface area contributed by atoms with Crippen molar-refractivity contribution < 1.29 is 45.6 Å². The van der Waals surface area contributed by atoms with Crippen LogP contribution >= 0.6 is 0 Å². The molecular weight excluding hydrogens is 597 g/mol.